The summed E-state index contributed by atoms with van der Waals surface area (Å²) in [7, 11) is 0. The number of carboxylic acid groups (broad SMARTS) is 1. The number of aryl methyl sites for hydroxylation is 1. The highest BCUT2D eigenvalue weighted by Gasteiger charge is 2.19. The van der Waals surface area contributed by atoms with Gasteiger partial charge in [0.05, 0.1) is 5.56 Å². The number of nitrogens with zero attached hydrogens (tertiary/aromatic N) is 2. The number of likely N-dealkylation sites (tertiary alicyclic amines) is 1. The molecule has 0 radical (unpaired) electrons. The van der Waals surface area contributed by atoms with Crippen molar-refractivity contribution in [2.45, 2.75) is 45.6 Å². The number of hydrogen-bond acceptors (Lipinski definition) is 4. The van der Waals surface area contributed by atoms with Gasteiger partial charge in [0.25, 0.3) is 0 Å². The molecule has 1 aliphatic heterocycles. The van der Waals surface area contributed by atoms with E-state index in [1.807, 2.05) is 0 Å². The highest BCUT2D eigenvalue weighted by Crippen LogP contribution is 2.17. The SMILES string of the molecule is CCCc1cc(C(=O)O)cc(NC2CCCN(CC)C2)n1. The molecule has 0 saturated carbocycles. The lowest BCUT2D eigenvalue weighted by atomic mass is 10.1. The van der Waals surface area contributed by atoms with Gasteiger partial charge < -0.3 is 15.3 Å². The van der Waals surface area contributed by atoms with Gasteiger partial charge in [0.2, 0.25) is 0 Å². The van der Waals surface area contributed by atoms with Crippen LogP contribution in [-0.4, -0.2) is 46.6 Å². The summed E-state index contributed by atoms with van der Waals surface area (Å²) in [5.74, 6) is -0.196. The molecule has 116 valence electrons. The maximum atomic E-state index is 11.2. The first kappa shape index (κ1) is 15.8. The van der Waals surface area contributed by atoms with Gasteiger partial charge >= 0.3 is 5.97 Å². The van der Waals surface area contributed by atoms with Crippen LogP contribution in [0.25, 0.3) is 0 Å². The monoisotopic (exact) mass is 291 g/mol. The molecule has 1 unspecified atom stereocenters. The number of anilines is 1. The molecule has 1 aliphatic rings. The van der Waals surface area contributed by atoms with E-state index in [0.717, 1.165) is 44.6 Å². The molecule has 0 spiro atoms. The van der Waals surface area contributed by atoms with E-state index in [1.54, 1.807) is 12.1 Å². The molecule has 2 heterocycles. The van der Waals surface area contributed by atoms with Gasteiger partial charge in [-0.25, -0.2) is 9.78 Å². The number of carboxylic acids is 1. The van der Waals surface area contributed by atoms with E-state index < -0.39 is 5.97 Å². The molecule has 1 saturated heterocycles. The lowest BCUT2D eigenvalue weighted by Crippen LogP contribution is -2.42. The maximum Gasteiger partial charge on any atom is 0.335 e. The van der Waals surface area contributed by atoms with Crippen LogP contribution in [0.4, 0.5) is 5.82 Å². The zero-order chi connectivity index (χ0) is 15.2. The number of carbonyl (C=O) groups is 1. The van der Waals surface area contributed by atoms with Crippen LogP contribution < -0.4 is 5.32 Å². The zero-order valence-electron chi connectivity index (χ0n) is 12.9. The third-order valence-electron chi connectivity index (χ3n) is 3.94. The van der Waals surface area contributed by atoms with Crippen LogP contribution in [-0.2, 0) is 6.42 Å². The third kappa shape index (κ3) is 4.43. The summed E-state index contributed by atoms with van der Waals surface area (Å²) in [5, 5.41) is 12.6. The Hall–Kier alpha value is -1.62. The van der Waals surface area contributed by atoms with Crippen molar-refractivity contribution < 1.29 is 9.90 Å². The number of aromatic carboxylic acids is 1. The lowest BCUT2D eigenvalue weighted by Gasteiger charge is -2.32. The fraction of sp³-hybridized carbons (Fsp3) is 0.625. The molecule has 2 rings (SSSR count). The summed E-state index contributed by atoms with van der Waals surface area (Å²) in [6, 6.07) is 3.67. The largest absolute Gasteiger partial charge is 0.478 e. The van der Waals surface area contributed by atoms with E-state index in [2.05, 4.69) is 29.0 Å². The quantitative estimate of drug-likeness (QED) is 0.843. The Morgan fingerprint density at radius 1 is 1.48 bits per heavy atom. The van der Waals surface area contributed by atoms with Crippen LogP contribution in [0.2, 0.25) is 0 Å². The number of piperidine rings is 1. The van der Waals surface area contributed by atoms with E-state index in [-0.39, 0.29) is 0 Å². The smallest absolute Gasteiger partial charge is 0.335 e. The number of likely N-dealkylation sites (N-methyl/N-ethyl adjacent to an activating group) is 1. The molecule has 0 amide bonds. The first-order valence-electron chi connectivity index (χ1n) is 7.85. The summed E-state index contributed by atoms with van der Waals surface area (Å²) in [5.41, 5.74) is 1.17. The molecule has 1 fully saturated rings. The minimum absolute atomic E-state index is 0.319. The maximum absolute atomic E-state index is 11.2. The molecule has 0 bridgehead atoms. The van der Waals surface area contributed by atoms with Crippen LogP contribution in [0.15, 0.2) is 12.1 Å². The van der Waals surface area contributed by atoms with Crippen molar-refractivity contribution in [3.8, 4) is 0 Å². The number of rotatable bonds is 6. The van der Waals surface area contributed by atoms with Crippen LogP contribution >= 0.6 is 0 Å². The second kappa shape index (κ2) is 7.41. The molecule has 1 atom stereocenters. The first-order valence-corrected chi connectivity index (χ1v) is 7.85. The number of nitrogens with one attached hydrogen (secondary N) is 1. The van der Waals surface area contributed by atoms with Crippen LogP contribution in [0, 0.1) is 0 Å². The molecule has 21 heavy (non-hydrogen) atoms. The summed E-state index contributed by atoms with van der Waals surface area (Å²) in [6.45, 7) is 7.45. The van der Waals surface area contributed by atoms with Gasteiger partial charge in [0.15, 0.2) is 0 Å². The lowest BCUT2D eigenvalue weighted by molar-refractivity contribution is 0.0696. The van der Waals surface area contributed by atoms with Crippen molar-refractivity contribution >= 4 is 11.8 Å². The molecule has 5 nitrogen and oxygen atoms in total. The minimum Gasteiger partial charge on any atom is -0.478 e. The average molecular weight is 291 g/mol. The Labute approximate surface area is 126 Å². The Morgan fingerprint density at radius 3 is 2.95 bits per heavy atom. The van der Waals surface area contributed by atoms with Gasteiger partial charge in [-0.2, -0.15) is 0 Å². The predicted octanol–water partition coefficient (Wildman–Crippen LogP) is 2.63. The van der Waals surface area contributed by atoms with E-state index in [1.165, 1.54) is 6.42 Å². The Morgan fingerprint density at radius 2 is 2.29 bits per heavy atom. The molecule has 0 aliphatic carbocycles. The first-order chi connectivity index (χ1) is 10.1. The average Bonchev–Trinajstić information content (AvgIpc) is 2.47. The van der Waals surface area contributed by atoms with Crippen molar-refractivity contribution in [2.24, 2.45) is 0 Å². The van der Waals surface area contributed by atoms with Gasteiger partial charge in [-0.05, 0) is 44.5 Å². The van der Waals surface area contributed by atoms with Crippen LogP contribution in [0.3, 0.4) is 0 Å². The van der Waals surface area contributed by atoms with Gasteiger partial charge in [0.1, 0.15) is 5.82 Å². The second-order valence-electron chi connectivity index (χ2n) is 5.66. The Kier molecular flexibility index (Phi) is 5.56. The summed E-state index contributed by atoms with van der Waals surface area (Å²) in [4.78, 5) is 18.2. The fourth-order valence-corrected chi connectivity index (χ4v) is 2.84. The molecule has 1 aromatic heterocycles. The Balaban J connectivity index is 2.12. The third-order valence-corrected chi connectivity index (χ3v) is 3.94. The highest BCUT2D eigenvalue weighted by atomic mass is 16.4. The van der Waals surface area contributed by atoms with Crippen molar-refractivity contribution in [1.82, 2.24) is 9.88 Å². The topological polar surface area (TPSA) is 65.5 Å². The van der Waals surface area contributed by atoms with E-state index >= 15 is 0 Å². The van der Waals surface area contributed by atoms with E-state index in [0.29, 0.717) is 17.4 Å². The molecule has 1 aromatic rings. The van der Waals surface area contributed by atoms with E-state index in [9.17, 15) is 9.90 Å². The van der Waals surface area contributed by atoms with Crippen LogP contribution in [0.1, 0.15) is 49.2 Å². The van der Waals surface area contributed by atoms with Crippen molar-refractivity contribution in [3.63, 3.8) is 0 Å². The normalized spacial score (nSPS) is 19.4. The van der Waals surface area contributed by atoms with Gasteiger partial charge in [0, 0.05) is 18.3 Å². The molecule has 0 aromatic carbocycles. The van der Waals surface area contributed by atoms with Crippen LogP contribution in [0.5, 0.6) is 0 Å². The van der Waals surface area contributed by atoms with Gasteiger partial charge in [-0.15, -0.1) is 0 Å². The van der Waals surface area contributed by atoms with Crippen molar-refractivity contribution in [3.05, 3.63) is 23.4 Å². The standard InChI is InChI=1S/C16H25N3O2/c1-3-6-13-9-12(16(20)21)10-15(17-13)18-14-7-5-8-19(4-2)11-14/h9-10,14H,3-8,11H2,1-2H3,(H,17,18)(H,20,21). The number of aromatic nitrogens is 1. The van der Waals surface area contributed by atoms with Crippen molar-refractivity contribution in [2.75, 3.05) is 25.0 Å². The minimum atomic E-state index is -0.892. The molecule has 5 heteroatoms. The predicted molar refractivity (Wildman–Crippen MR) is 84.0 cm³/mol. The number of hydrogen-bond donors (Lipinski definition) is 2. The Bertz CT molecular complexity index is 490. The van der Waals surface area contributed by atoms with Gasteiger partial charge in [-0.1, -0.05) is 20.3 Å². The fourth-order valence-electron chi connectivity index (χ4n) is 2.84. The number of pyridine rings is 1. The zero-order valence-corrected chi connectivity index (χ0v) is 12.9. The molecule has 2 N–H and O–H groups in total. The summed E-state index contributed by atoms with van der Waals surface area (Å²) < 4.78 is 0. The molecular formula is C16H25N3O2. The highest BCUT2D eigenvalue weighted by molar-refractivity contribution is 5.88. The van der Waals surface area contributed by atoms with Gasteiger partial charge in [-0.3, -0.25) is 0 Å². The summed E-state index contributed by atoms with van der Waals surface area (Å²) in [6.07, 6.45) is 4.05. The second-order valence-corrected chi connectivity index (χ2v) is 5.66. The summed E-state index contributed by atoms with van der Waals surface area (Å²) >= 11 is 0. The molecular weight excluding hydrogens is 266 g/mol. The van der Waals surface area contributed by atoms with Crippen molar-refractivity contribution in [1.29, 1.82) is 0 Å². The van der Waals surface area contributed by atoms with E-state index in [4.69, 9.17) is 0 Å².